The SMILES string of the molecule is NCc1ccc(CS(=O)(=O)NC2CCSCC2)cc1. The Kier molecular flexibility index (Phi) is 5.27. The number of hydrogen-bond donors (Lipinski definition) is 2. The van der Waals surface area contributed by atoms with Crippen LogP contribution in [0.15, 0.2) is 24.3 Å². The van der Waals surface area contributed by atoms with E-state index in [2.05, 4.69) is 4.72 Å². The van der Waals surface area contributed by atoms with Gasteiger partial charge in [-0.2, -0.15) is 11.8 Å². The lowest BCUT2D eigenvalue weighted by atomic mass is 10.1. The lowest BCUT2D eigenvalue weighted by molar-refractivity contribution is 0.528. The Morgan fingerprint density at radius 3 is 2.32 bits per heavy atom. The molecule has 2 rings (SSSR count). The fraction of sp³-hybridized carbons (Fsp3) is 0.538. The van der Waals surface area contributed by atoms with Crippen LogP contribution in [0.4, 0.5) is 0 Å². The van der Waals surface area contributed by atoms with Gasteiger partial charge in [-0.15, -0.1) is 0 Å². The second-order valence-corrected chi connectivity index (χ2v) is 7.76. The highest BCUT2D eigenvalue weighted by Gasteiger charge is 2.20. The molecule has 0 saturated carbocycles. The normalized spacial score (nSPS) is 17.5. The molecular formula is C13H20N2O2S2. The minimum atomic E-state index is -3.24. The molecule has 0 bridgehead atoms. The first-order valence-corrected chi connectivity index (χ1v) is 9.25. The largest absolute Gasteiger partial charge is 0.326 e. The minimum absolute atomic E-state index is 0.0431. The van der Waals surface area contributed by atoms with E-state index < -0.39 is 10.0 Å². The molecular weight excluding hydrogens is 280 g/mol. The maximum atomic E-state index is 12.1. The molecule has 1 heterocycles. The van der Waals surface area contributed by atoms with Gasteiger partial charge in [0, 0.05) is 12.6 Å². The Labute approximate surface area is 119 Å². The topological polar surface area (TPSA) is 72.2 Å². The second kappa shape index (κ2) is 6.74. The minimum Gasteiger partial charge on any atom is -0.326 e. The van der Waals surface area contributed by atoms with Crippen LogP contribution in [-0.4, -0.2) is 26.0 Å². The molecule has 1 aromatic carbocycles. The van der Waals surface area contributed by atoms with Crippen LogP contribution in [0.1, 0.15) is 24.0 Å². The molecule has 0 spiro atoms. The second-order valence-electron chi connectivity index (χ2n) is 4.78. The van der Waals surface area contributed by atoms with Gasteiger partial charge in [0.15, 0.2) is 0 Å². The molecule has 3 N–H and O–H groups in total. The summed E-state index contributed by atoms with van der Waals surface area (Å²) < 4.78 is 27.0. The van der Waals surface area contributed by atoms with Crippen molar-refractivity contribution in [3.63, 3.8) is 0 Å². The first-order chi connectivity index (χ1) is 9.09. The van der Waals surface area contributed by atoms with E-state index in [4.69, 9.17) is 5.73 Å². The molecule has 1 fully saturated rings. The fourth-order valence-corrected chi connectivity index (χ4v) is 4.67. The number of rotatable bonds is 5. The first kappa shape index (κ1) is 14.8. The van der Waals surface area contributed by atoms with Gasteiger partial charge < -0.3 is 5.73 Å². The monoisotopic (exact) mass is 300 g/mol. The first-order valence-electron chi connectivity index (χ1n) is 6.45. The number of sulfonamides is 1. The lowest BCUT2D eigenvalue weighted by Crippen LogP contribution is -2.37. The van der Waals surface area contributed by atoms with Crippen molar-refractivity contribution in [2.24, 2.45) is 5.73 Å². The van der Waals surface area contributed by atoms with Crippen LogP contribution in [-0.2, 0) is 22.3 Å². The van der Waals surface area contributed by atoms with Gasteiger partial charge in [-0.25, -0.2) is 13.1 Å². The molecule has 0 amide bonds. The zero-order valence-electron chi connectivity index (χ0n) is 10.8. The number of hydrogen-bond acceptors (Lipinski definition) is 4. The van der Waals surface area contributed by atoms with E-state index in [0.717, 1.165) is 35.5 Å². The van der Waals surface area contributed by atoms with E-state index in [1.165, 1.54) is 0 Å². The maximum absolute atomic E-state index is 12.1. The number of benzene rings is 1. The lowest BCUT2D eigenvalue weighted by Gasteiger charge is -2.22. The van der Waals surface area contributed by atoms with E-state index in [-0.39, 0.29) is 11.8 Å². The number of nitrogens with two attached hydrogens (primary N) is 1. The smallest absolute Gasteiger partial charge is 0.216 e. The standard InChI is InChI=1S/C13H20N2O2S2/c14-9-11-1-3-12(4-2-11)10-19(16,17)15-13-5-7-18-8-6-13/h1-4,13,15H,5-10,14H2. The molecule has 19 heavy (non-hydrogen) atoms. The highest BCUT2D eigenvalue weighted by atomic mass is 32.2. The molecule has 1 aliphatic heterocycles. The Morgan fingerprint density at radius 1 is 1.16 bits per heavy atom. The molecule has 0 aromatic heterocycles. The molecule has 0 radical (unpaired) electrons. The molecule has 1 aromatic rings. The van der Waals surface area contributed by atoms with Crippen LogP contribution < -0.4 is 10.5 Å². The van der Waals surface area contributed by atoms with Crippen LogP contribution >= 0.6 is 11.8 Å². The fourth-order valence-electron chi connectivity index (χ4n) is 2.10. The van der Waals surface area contributed by atoms with E-state index in [1.54, 1.807) is 0 Å². The van der Waals surface area contributed by atoms with Crippen LogP contribution in [0, 0.1) is 0 Å². The van der Waals surface area contributed by atoms with E-state index in [1.807, 2.05) is 36.0 Å². The maximum Gasteiger partial charge on any atom is 0.216 e. The third-order valence-electron chi connectivity index (χ3n) is 3.18. The number of thioether (sulfide) groups is 1. The quantitative estimate of drug-likeness (QED) is 0.863. The summed E-state index contributed by atoms with van der Waals surface area (Å²) in [4.78, 5) is 0. The van der Waals surface area contributed by atoms with Crippen molar-refractivity contribution in [1.82, 2.24) is 4.72 Å². The summed E-state index contributed by atoms with van der Waals surface area (Å²) in [6.07, 6.45) is 1.85. The van der Waals surface area contributed by atoms with E-state index in [9.17, 15) is 8.42 Å². The van der Waals surface area contributed by atoms with Crippen LogP contribution in [0.2, 0.25) is 0 Å². The summed E-state index contributed by atoms with van der Waals surface area (Å²) in [5, 5.41) is 0. The predicted molar refractivity (Wildman–Crippen MR) is 80.4 cm³/mol. The zero-order chi connectivity index (χ0) is 13.7. The summed E-state index contributed by atoms with van der Waals surface area (Å²) in [7, 11) is -3.24. The van der Waals surface area contributed by atoms with Crippen molar-refractivity contribution in [1.29, 1.82) is 0 Å². The van der Waals surface area contributed by atoms with Gasteiger partial charge in [0.05, 0.1) is 5.75 Å². The Balaban J connectivity index is 1.95. The van der Waals surface area contributed by atoms with Crippen LogP contribution in [0.3, 0.4) is 0 Å². The molecule has 6 heteroatoms. The summed E-state index contributed by atoms with van der Waals surface area (Å²) >= 11 is 1.89. The molecule has 0 unspecified atom stereocenters. The van der Waals surface area contributed by atoms with Gasteiger partial charge >= 0.3 is 0 Å². The average Bonchev–Trinajstić information content (AvgIpc) is 2.39. The third-order valence-corrected chi connectivity index (χ3v) is 5.64. The Hall–Kier alpha value is -0.560. The Morgan fingerprint density at radius 2 is 1.74 bits per heavy atom. The van der Waals surface area contributed by atoms with Gasteiger partial charge in [0.2, 0.25) is 10.0 Å². The van der Waals surface area contributed by atoms with Crippen molar-refractivity contribution in [2.75, 3.05) is 11.5 Å². The van der Waals surface area contributed by atoms with E-state index >= 15 is 0 Å². The van der Waals surface area contributed by atoms with Gasteiger partial charge in [-0.1, -0.05) is 24.3 Å². The van der Waals surface area contributed by atoms with Gasteiger partial charge in [0.25, 0.3) is 0 Å². The van der Waals surface area contributed by atoms with E-state index in [0.29, 0.717) is 6.54 Å². The summed E-state index contributed by atoms with van der Waals surface area (Å²) in [5.74, 6) is 2.12. The molecule has 106 valence electrons. The highest BCUT2D eigenvalue weighted by Crippen LogP contribution is 2.18. The summed E-state index contributed by atoms with van der Waals surface area (Å²) in [6, 6.07) is 7.52. The molecule has 4 nitrogen and oxygen atoms in total. The van der Waals surface area contributed by atoms with Gasteiger partial charge in [0.1, 0.15) is 0 Å². The zero-order valence-corrected chi connectivity index (χ0v) is 12.5. The average molecular weight is 300 g/mol. The van der Waals surface area contributed by atoms with Crippen molar-refractivity contribution in [3.05, 3.63) is 35.4 Å². The number of nitrogens with one attached hydrogen (secondary N) is 1. The molecule has 0 aliphatic carbocycles. The Bertz CT molecular complexity index is 494. The van der Waals surface area contributed by atoms with Crippen molar-refractivity contribution >= 4 is 21.8 Å². The molecule has 0 atom stereocenters. The molecule has 1 saturated heterocycles. The van der Waals surface area contributed by atoms with Crippen molar-refractivity contribution < 1.29 is 8.42 Å². The summed E-state index contributed by atoms with van der Waals surface area (Å²) in [6.45, 7) is 0.477. The van der Waals surface area contributed by atoms with Gasteiger partial charge in [-0.3, -0.25) is 0 Å². The summed E-state index contributed by atoms with van der Waals surface area (Å²) in [5.41, 5.74) is 7.33. The van der Waals surface area contributed by atoms with Gasteiger partial charge in [-0.05, 0) is 35.5 Å². The highest BCUT2D eigenvalue weighted by molar-refractivity contribution is 7.99. The third kappa shape index (κ3) is 4.80. The van der Waals surface area contributed by atoms with Crippen molar-refractivity contribution in [3.8, 4) is 0 Å². The van der Waals surface area contributed by atoms with Crippen LogP contribution in [0.5, 0.6) is 0 Å². The van der Waals surface area contributed by atoms with Crippen molar-refractivity contribution in [2.45, 2.75) is 31.2 Å². The van der Waals surface area contributed by atoms with Crippen LogP contribution in [0.25, 0.3) is 0 Å². The predicted octanol–water partition coefficient (Wildman–Crippen LogP) is 1.46. The molecule has 1 aliphatic rings.